The van der Waals surface area contributed by atoms with Crippen molar-refractivity contribution in [1.29, 1.82) is 0 Å². The van der Waals surface area contributed by atoms with E-state index in [1.165, 1.54) is 20.0 Å². The van der Waals surface area contributed by atoms with Gasteiger partial charge >= 0.3 is 0 Å². The molecule has 5 nitrogen and oxygen atoms in total. The number of benzene rings is 1. The summed E-state index contributed by atoms with van der Waals surface area (Å²) in [7, 11) is 1.51. The number of amides is 2. The van der Waals surface area contributed by atoms with Crippen LogP contribution in [0.1, 0.15) is 43.8 Å². The maximum atomic E-state index is 12.1. The first-order chi connectivity index (χ1) is 11.2. The molecule has 0 aliphatic heterocycles. The van der Waals surface area contributed by atoms with Crippen molar-refractivity contribution in [2.24, 2.45) is 5.92 Å². The second kappa shape index (κ2) is 9.30. The van der Waals surface area contributed by atoms with Crippen molar-refractivity contribution >= 4 is 11.8 Å². The van der Waals surface area contributed by atoms with Crippen LogP contribution in [-0.4, -0.2) is 32.0 Å². The summed E-state index contributed by atoms with van der Waals surface area (Å²) in [4.78, 5) is 24.0. The summed E-state index contributed by atoms with van der Waals surface area (Å²) < 4.78 is 5.27. The Hall–Kier alpha value is -1.88. The van der Waals surface area contributed by atoms with Crippen LogP contribution in [0.5, 0.6) is 0 Å². The smallest absolute Gasteiger partial charge is 0.253 e. The Balaban J connectivity index is 1.66. The van der Waals surface area contributed by atoms with Crippen molar-refractivity contribution in [2.45, 2.75) is 38.2 Å². The van der Waals surface area contributed by atoms with E-state index in [1.54, 1.807) is 0 Å². The fourth-order valence-electron chi connectivity index (χ4n) is 3.05. The summed E-state index contributed by atoms with van der Waals surface area (Å²) in [6, 6.07) is 9.36. The lowest BCUT2D eigenvalue weighted by atomic mass is 10.0. The predicted molar refractivity (Wildman–Crippen MR) is 88.8 cm³/mol. The predicted octanol–water partition coefficient (Wildman–Crippen LogP) is 2.19. The summed E-state index contributed by atoms with van der Waals surface area (Å²) >= 11 is 0. The maximum absolute atomic E-state index is 12.1. The number of ether oxygens (including phenoxy) is 1. The van der Waals surface area contributed by atoms with Crippen LogP contribution in [0.2, 0.25) is 0 Å². The van der Waals surface area contributed by atoms with E-state index in [2.05, 4.69) is 10.6 Å². The Bertz CT molecular complexity index is 498. The maximum Gasteiger partial charge on any atom is 0.253 e. The van der Waals surface area contributed by atoms with Crippen LogP contribution in [0.25, 0.3) is 0 Å². The second-order valence-electron chi connectivity index (χ2n) is 6.02. The van der Waals surface area contributed by atoms with Crippen molar-refractivity contribution < 1.29 is 14.3 Å². The van der Waals surface area contributed by atoms with Crippen LogP contribution in [0.3, 0.4) is 0 Å². The molecule has 0 saturated heterocycles. The SMILES string of the molecule is COC(C(=O)NCCNC(=O)CC1CCCC1)c1ccccc1. The van der Waals surface area contributed by atoms with Crippen molar-refractivity contribution in [3.05, 3.63) is 35.9 Å². The van der Waals surface area contributed by atoms with Gasteiger partial charge in [-0.2, -0.15) is 0 Å². The molecule has 23 heavy (non-hydrogen) atoms. The van der Waals surface area contributed by atoms with E-state index in [4.69, 9.17) is 4.74 Å². The van der Waals surface area contributed by atoms with Crippen LogP contribution in [-0.2, 0) is 14.3 Å². The van der Waals surface area contributed by atoms with E-state index in [0.29, 0.717) is 25.4 Å². The lowest BCUT2D eigenvalue weighted by molar-refractivity contribution is -0.131. The first kappa shape index (κ1) is 17.5. The van der Waals surface area contributed by atoms with Gasteiger partial charge in [-0.05, 0) is 24.3 Å². The van der Waals surface area contributed by atoms with Crippen molar-refractivity contribution in [3.63, 3.8) is 0 Å². The second-order valence-corrected chi connectivity index (χ2v) is 6.02. The Morgan fingerprint density at radius 2 is 1.78 bits per heavy atom. The molecule has 1 unspecified atom stereocenters. The highest BCUT2D eigenvalue weighted by atomic mass is 16.5. The average Bonchev–Trinajstić information content (AvgIpc) is 3.06. The number of carbonyl (C=O) groups excluding carboxylic acids is 2. The number of nitrogens with one attached hydrogen (secondary N) is 2. The highest BCUT2D eigenvalue weighted by Crippen LogP contribution is 2.27. The Morgan fingerprint density at radius 3 is 2.43 bits per heavy atom. The van der Waals surface area contributed by atoms with Gasteiger partial charge in [-0.3, -0.25) is 9.59 Å². The zero-order valence-corrected chi connectivity index (χ0v) is 13.7. The van der Waals surface area contributed by atoms with Gasteiger partial charge in [0.05, 0.1) is 0 Å². The molecule has 5 heteroatoms. The first-order valence-electron chi connectivity index (χ1n) is 8.33. The number of carbonyl (C=O) groups is 2. The molecule has 0 aromatic heterocycles. The zero-order chi connectivity index (χ0) is 16.5. The standard InChI is InChI=1S/C18H26N2O3/c1-23-17(15-9-3-2-4-10-15)18(22)20-12-11-19-16(21)13-14-7-5-6-8-14/h2-4,9-10,14,17H,5-8,11-13H2,1H3,(H,19,21)(H,20,22). The average molecular weight is 318 g/mol. The Kier molecular flexibility index (Phi) is 7.07. The zero-order valence-electron chi connectivity index (χ0n) is 13.7. The Morgan fingerprint density at radius 1 is 1.13 bits per heavy atom. The molecular weight excluding hydrogens is 292 g/mol. The molecule has 1 aromatic carbocycles. The van der Waals surface area contributed by atoms with Crippen LogP contribution >= 0.6 is 0 Å². The van der Waals surface area contributed by atoms with Gasteiger partial charge in [0.25, 0.3) is 5.91 Å². The van der Waals surface area contributed by atoms with Crippen molar-refractivity contribution in [1.82, 2.24) is 10.6 Å². The molecule has 1 aliphatic rings. The largest absolute Gasteiger partial charge is 0.367 e. The third-order valence-corrected chi connectivity index (χ3v) is 4.27. The summed E-state index contributed by atoms with van der Waals surface area (Å²) in [6.45, 7) is 0.852. The molecule has 2 rings (SSSR count). The Labute approximate surface area is 137 Å². The highest BCUT2D eigenvalue weighted by Gasteiger charge is 2.20. The third kappa shape index (κ3) is 5.67. The van der Waals surface area contributed by atoms with E-state index in [-0.39, 0.29) is 11.8 Å². The quantitative estimate of drug-likeness (QED) is 0.722. The fourth-order valence-corrected chi connectivity index (χ4v) is 3.05. The van der Waals surface area contributed by atoms with Gasteiger partial charge in [-0.25, -0.2) is 0 Å². The van der Waals surface area contributed by atoms with Gasteiger partial charge in [-0.15, -0.1) is 0 Å². The molecule has 0 heterocycles. The van der Waals surface area contributed by atoms with E-state index in [0.717, 1.165) is 18.4 Å². The lowest BCUT2D eigenvalue weighted by Gasteiger charge is -2.16. The normalized spacial score (nSPS) is 16.0. The first-order valence-corrected chi connectivity index (χ1v) is 8.33. The summed E-state index contributed by atoms with van der Waals surface area (Å²) in [5.41, 5.74) is 0.817. The number of rotatable bonds is 8. The number of methoxy groups -OCH3 is 1. The molecule has 2 N–H and O–H groups in total. The van der Waals surface area contributed by atoms with Crippen LogP contribution in [0.15, 0.2) is 30.3 Å². The minimum atomic E-state index is -0.620. The van der Waals surface area contributed by atoms with Crippen LogP contribution in [0.4, 0.5) is 0 Å². The molecule has 1 fully saturated rings. The van der Waals surface area contributed by atoms with Gasteiger partial charge in [0, 0.05) is 26.6 Å². The molecule has 1 saturated carbocycles. The van der Waals surface area contributed by atoms with E-state index < -0.39 is 6.10 Å². The topological polar surface area (TPSA) is 67.4 Å². The molecule has 126 valence electrons. The molecule has 0 radical (unpaired) electrons. The summed E-state index contributed by atoms with van der Waals surface area (Å²) in [5, 5.41) is 5.67. The van der Waals surface area contributed by atoms with Crippen LogP contribution in [0, 0.1) is 5.92 Å². The molecular formula is C18H26N2O3. The summed E-state index contributed by atoms with van der Waals surface area (Å²) in [6.07, 6.45) is 4.80. The van der Waals surface area contributed by atoms with Crippen molar-refractivity contribution in [3.8, 4) is 0 Å². The van der Waals surface area contributed by atoms with Crippen LogP contribution < -0.4 is 10.6 Å². The monoisotopic (exact) mass is 318 g/mol. The highest BCUT2D eigenvalue weighted by molar-refractivity contribution is 5.82. The van der Waals surface area contributed by atoms with Gasteiger partial charge in [-0.1, -0.05) is 43.2 Å². The minimum Gasteiger partial charge on any atom is -0.367 e. The molecule has 2 amide bonds. The van der Waals surface area contributed by atoms with E-state index >= 15 is 0 Å². The molecule has 1 atom stereocenters. The lowest BCUT2D eigenvalue weighted by Crippen LogP contribution is -2.37. The van der Waals surface area contributed by atoms with Gasteiger partial charge in [0.1, 0.15) is 0 Å². The van der Waals surface area contributed by atoms with Gasteiger partial charge in [0.15, 0.2) is 6.10 Å². The molecule has 0 bridgehead atoms. The van der Waals surface area contributed by atoms with Gasteiger partial charge < -0.3 is 15.4 Å². The van der Waals surface area contributed by atoms with Gasteiger partial charge in [0.2, 0.25) is 5.91 Å². The minimum absolute atomic E-state index is 0.0810. The molecule has 1 aliphatic carbocycles. The fraction of sp³-hybridized carbons (Fsp3) is 0.556. The third-order valence-electron chi connectivity index (χ3n) is 4.27. The van der Waals surface area contributed by atoms with Crippen molar-refractivity contribution in [2.75, 3.05) is 20.2 Å². The number of hydrogen-bond acceptors (Lipinski definition) is 3. The molecule has 0 spiro atoms. The van der Waals surface area contributed by atoms with E-state index in [1.807, 2.05) is 30.3 Å². The van der Waals surface area contributed by atoms with E-state index in [9.17, 15) is 9.59 Å². The molecule has 1 aromatic rings. The summed E-state index contributed by atoms with van der Waals surface area (Å²) in [5.74, 6) is 0.432. The number of hydrogen-bond donors (Lipinski definition) is 2.